The van der Waals surface area contributed by atoms with E-state index in [9.17, 15) is 13.2 Å². The van der Waals surface area contributed by atoms with Gasteiger partial charge in [0.15, 0.2) is 0 Å². The van der Waals surface area contributed by atoms with Crippen molar-refractivity contribution in [2.45, 2.75) is 4.90 Å². The lowest BCUT2D eigenvalue weighted by molar-refractivity contribution is 0.563. The standard InChI is InChI=1S/C7H3Cl2NO3S/c8-5-2-1-3-6(7(5)9)14(12,13)10-4-11/h1-3H. The fraction of sp³-hybridized carbons (Fsp3) is 0. The van der Waals surface area contributed by atoms with E-state index in [1.165, 1.54) is 18.2 Å². The molecule has 0 spiro atoms. The average molecular weight is 252 g/mol. The van der Waals surface area contributed by atoms with Gasteiger partial charge in [-0.15, -0.1) is 0 Å². The molecule has 14 heavy (non-hydrogen) atoms. The van der Waals surface area contributed by atoms with E-state index in [0.29, 0.717) is 0 Å². The third-order valence-corrected chi connectivity index (χ3v) is 3.49. The van der Waals surface area contributed by atoms with Gasteiger partial charge in [-0.2, -0.15) is 8.42 Å². The Morgan fingerprint density at radius 3 is 2.50 bits per heavy atom. The van der Waals surface area contributed by atoms with Gasteiger partial charge in [0.1, 0.15) is 4.90 Å². The molecule has 0 amide bonds. The fourth-order valence-electron chi connectivity index (χ4n) is 0.781. The van der Waals surface area contributed by atoms with Gasteiger partial charge < -0.3 is 0 Å². The molecule has 0 aliphatic heterocycles. The van der Waals surface area contributed by atoms with E-state index >= 15 is 0 Å². The smallest absolute Gasteiger partial charge is 0.210 e. The molecular formula is C7H3Cl2NO3S. The zero-order chi connectivity index (χ0) is 10.8. The van der Waals surface area contributed by atoms with Crippen LogP contribution in [0.3, 0.4) is 0 Å². The third kappa shape index (κ3) is 2.13. The summed E-state index contributed by atoms with van der Waals surface area (Å²) in [6, 6.07) is 4.01. The molecule has 1 aromatic carbocycles. The lowest BCUT2D eigenvalue weighted by atomic mass is 10.4. The van der Waals surface area contributed by atoms with Gasteiger partial charge in [-0.3, -0.25) is 0 Å². The Hall–Kier alpha value is -0.870. The fourth-order valence-corrected chi connectivity index (χ4v) is 2.21. The molecule has 0 aromatic heterocycles. The predicted octanol–water partition coefficient (Wildman–Crippen LogP) is 2.02. The summed E-state index contributed by atoms with van der Waals surface area (Å²) in [4.78, 5) is 9.53. The van der Waals surface area contributed by atoms with Crippen molar-refractivity contribution in [3.63, 3.8) is 0 Å². The van der Waals surface area contributed by atoms with Gasteiger partial charge in [0.05, 0.1) is 10.0 Å². The first-order valence-electron chi connectivity index (χ1n) is 3.27. The molecule has 1 aromatic rings. The molecule has 0 atom stereocenters. The topological polar surface area (TPSA) is 63.6 Å². The number of halogens is 2. The first-order chi connectivity index (χ1) is 6.49. The molecule has 0 unspecified atom stereocenters. The zero-order valence-corrected chi connectivity index (χ0v) is 8.90. The van der Waals surface area contributed by atoms with E-state index in [1.807, 2.05) is 0 Å². The van der Waals surface area contributed by atoms with Gasteiger partial charge in [-0.25, -0.2) is 4.79 Å². The van der Waals surface area contributed by atoms with Crippen LogP contribution in [0.15, 0.2) is 27.5 Å². The second-order valence-electron chi connectivity index (χ2n) is 2.21. The van der Waals surface area contributed by atoms with Crippen LogP contribution in [-0.4, -0.2) is 14.5 Å². The molecule has 0 aliphatic carbocycles. The summed E-state index contributed by atoms with van der Waals surface area (Å²) in [5.41, 5.74) is 0. The van der Waals surface area contributed by atoms with E-state index in [2.05, 4.69) is 4.40 Å². The quantitative estimate of drug-likeness (QED) is 0.597. The maximum atomic E-state index is 11.2. The Morgan fingerprint density at radius 1 is 1.29 bits per heavy atom. The van der Waals surface area contributed by atoms with Crippen molar-refractivity contribution in [1.29, 1.82) is 0 Å². The summed E-state index contributed by atoms with van der Waals surface area (Å²) >= 11 is 11.2. The molecule has 74 valence electrons. The van der Waals surface area contributed by atoms with Crippen molar-refractivity contribution < 1.29 is 13.2 Å². The maximum absolute atomic E-state index is 11.2. The van der Waals surface area contributed by atoms with Crippen LogP contribution in [0.5, 0.6) is 0 Å². The molecule has 0 bridgehead atoms. The number of nitrogens with zero attached hydrogens (tertiary/aromatic N) is 1. The van der Waals surface area contributed by atoms with Crippen LogP contribution < -0.4 is 0 Å². The highest BCUT2D eigenvalue weighted by Gasteiger charge is 2.18. The summed E-state index contributed by atoms with van der Waals surface area (Å²) < 4.78 is 25.1. The lowest BCUT2D eigenvalue weighted by Crippen LogP contribution is -1.97. The minimum Gasteiger partial charge on any atom is -0.210 e. The summed E-state index contributed by atoms with van der Waals surface area (Å²) in [5, 5.41) is -0.0815. The molecule has 0 N–H and O–H groups in total. The van der Waals surface area contributed by atoms with Crippen molar-refractivity contribution >= 4 is 39.3 Å². The maximum Gasteiger partial charge on any atom is 0.294 e. The van der Waals surface area contributed by atoms with Crippen molar-refractivity contribution in [3.05, 3.63) is 28.2 Å². The molecule has 0 saturated heterocycles. The van der Waals surface area contributed by atoms with E-state index in [4.69, 9.17) is 23.2 Å². The number of hydrogen-bond acceptors (Lipinski definition) is 3. The van der Waals surface area contributed by atoms with Gasteiger partial charge in [-0.05, 0) is 12.1 Å². The van der Waals surface area contributed by atoms with Gasteiger partial charge in [0.25, 0.3) is 16.1 Å². The number of rotatable bonds is 2. The number of benzene rings is 1. The highest BCUT2D eigenvalue weighted by atomic mass is 35.5. The van der Waals surface area contributed by atoms with Crippen LogP contribution >= 0.6 is 23.2 Å². The zero-order valence-electron chi connectivity index (χ0n) is 6.57. The van der Waals surface area contributed by atoms with Crippen LogP contribution in [0.2, 0.25) is 10.0 Å². The highest BCUT2D eigenvalue weighted by molar-refractivity contribution is 7.90. The van der Waals surface area contributed by atoms with E-state index in [0.717, 1.165) is 6.08 Å². The minimum atomic E-state index is -4.08. The van der Waals surface area contributed by atoms with Crippen molar-refractivity contribution in [2.75, 3.05) is 0 Å². The first-order valence-corrected chi connectivity index (χ1v) is 5.47. The van der Waals surface area contributed by atoms with E-state index in [-0.39, 0.29) is 14.9 Å². The Kier molecular flexibility index (Phi) is 3.29. The average Bonchev–Trinajstić information content (AvgIpc) is 2.09. The van der Waals surface area contributed by atoms with Gasteiger partial charge in [0.2, 0.25) is 0 Å². The van der Waals surface area contributed by atoms with Crippen LogP contribution in [0.25, 0.3) is 0 Å². The normalized spacial score (nSPS) is 10.7. The number of sulfonamides is 1. The summed E-state index contributed by atoms with van der Waals surface area (Å²) in [6.07, 6.45) is 0.938. The summed E-state index contributed by atoms with van der Waals surface area (Å²) in [5.74, 6) is 0. The molecule has 0 heterocycles. The second-order valence-corrected chi connectivity index (χ2v) is 4.57. The Bertz CT molecular complexity index is 506. The second kappa shape index (κ2) is 4.11. The van der Waals surface area contributed by atoms with Crippen LogP contribution in [0.1, 0.15) is 0 Å². The molecule has 0 aliphatic rings. The highest BCUT2D eigenvalue weighted by Crippen LogP contribution is 2.29. The predicted molar refractivity (Wildman–Crippen MR) is 51.8 cm³/mol. The molecule has 0 saturated carbocycles. The van der Waals surface area contributed by atoms with Gasteiger partial charge >= 0.3 is 0 Å². The Morgan fingerprint density at radius 2 is 1.93 bits per heavy atom. The summed E-state index contributed by atoms with van der Waals surface area (Å²) in [6.45, 7) is 0. The van der Waals surface area contributed by atoms with Gasteiger partial charge in [-0.1, -0.05) is 33.7 Å². The SMILES string of the molecule is O=C=NS(=O)(=O)c1cccc(Cl)c1Cl. The molecule has 7 heteroatoms. The molecule has 0 fully saturated rings. The molecular weight excluding hydrogens is 249 g/mol. The number of hydrogen-bond donors (Lipinski definition) is 0. The number of isocyanates is 1. The van der Waals surface area contributed by atoms with Crippen LogP contribution in [-0.2, 0) is 14.8 Å². The third-order valence-electron chi connectivity index (χ3n) is 1.35. The summed E-state index contributed by atoms with van der Waals surface area (Å²) in [7, 11) is -4.08. The van der Waals surface area contributed by atoms with E-state index in [1.54, 1.807) is 0 Å². The molecule has 0 radical (unpaired) electrons. The van der Waals surface area contributed by atoms with Gasteiger partial charge in [0, 0.05) is 0 Å². The van der Waals surface area contributed by atoms with Crippen molar-refractivity contribution in [2.24, 2.45) is 4.40 Å². The largest absolute Gasteiger partial charge is 0.294 e. The Balaban J connectivity index is 3.49. The minimum absolute atomic E-state index is 0.0776. The van der Waals surface area contributed by atoms with E-state index < -0.39 is 10.0 Å². The number of carbonyl (C=O) groups excluding carboxylic acids is 1. The molecule has 1 rings (SSSR count). The Labute approximate surface area is 90.2 Å². The molecule has 4 nitrogen and oxygen atoms in total. The van der Waals surface area contributed by atoms with Crippen molar-refractivity contribution in [3.8, 4) is 0 Å². The lowest BCUT2D eigenvalue weighted by Gasteiger charge is -2.00. The monoisotopic (exact) mass is 251 g/mol. The van der Waals surface area contributed by atoms with Crippen LogP contribution in [0.4, 0.5) is 0 Å². The van der Waals surface area contributed by atoms with Crippen molar-refractivity contribution in [1.82, 2.24) is 0 Å². The van der Waals surface area contributed by atoms with Crippen LogP contribution in [0, 0.1) is 0 Å². The first kappa shape index (κ1) is 11.2.